The molecule has 0 bridgehead atoms. The zero-order valence-electron chi connectivity index (χ0n) is 9.15. The summed E-state index contributed by atoms with van der Waals surface area (Å²) in [5.41, 5.74) is 9.04. The SMILES string of the molecule is Cc1c(-c2ccc(Br)cc2)cnn1CCN. The number of aromatic nitrogens is 2. The lowest BCUT2D eigenvalue weighted by Gasteiger charge is -2.04. The van der Waals surface area contributed by atoms with Crippen LogP contribution in [0, 0.1) is 6.92 Å². The molecule has 4 heteroatoms. The largest absolute Gasteiger partial charge is 0.329 e. The number of hydrogen-bond acceptors (Lipinski definition) is 2. The molecule has 16 heavy (non-hydrogen) atoms. The summed E-state index contributed by atoms with van der Waals surface area (Å²) in [4.78, 5) is 0. The van der Waals surface area contributed by atoms with Crippen molar-refractivity contribution in [2.75, 3.05) is 6.54 Å². The Morgan fingerprint density at radius 1 is 1.31 bits per heavy atom. The smallest absolute Gasteiger partial charge is 0.0571 e. The third kappa shape index (κ3) is 2.18. The van der Waals surface area contributed by atoms with Gasteiger partial charge in [0.2, 0.25) is 0 Å². The summed E-state index contributed by atoms with van der Waals surface area (Å²) in [5.74, 6) is 0. The lowest BCUT2D eigenvalue weighted by Crippen LogP contribution is -2.12. The van der Waals surface area contributed by atoms with Crippen LogP contribution in [0.3, 0.4) is 0 Å². The van der Waals surface area contributed by atoms with Crippen LogP contribution in [0.2, 0.25) is 0 Å². The molecule has 2 aromatic rings. The molecule has 2 N–H and O–H groups in total. The molecular formula is C12H14BrN3. The van der Waals surface area contributed by atoms with Crippen LogP contribution in [0.4, 0.5) is 0 Å². The normalized spacial score (nSPS) is 10.7. The van der Waals surface area contributed by atoms with Crippen molar-refractivity contribution in [2.45, 2.75) is 13.5 Å². The van der Waals surface area contributed by atoms with Crippen LogP contribution >= 0.6 is 15.9 Å². The third-order valence-electron chi connectivity index (χ3n) is 2.60. The average molecular weight is 280 g/mol. The number of rotatable bonds is 3. The van der Waals surface area contributed by atoms with E-state index in [0.29, 0.717) is 6.54 Å². The Morgan fingerprint density at radius 3 is 2.62 bits per heavy atom. The Bertz CT molecular complexity index is 474. The average Bonchev–Trinajstić information content (AvgIpc) is 2.63. The minimum absolute atomic E-state index is 0.613. The van der Waals surface area contributed by atoms with Crippen LogP contribution in [0.1, 0.15) is 5.69 Å². The number of halogens is 1. The molecule has 0 atom stereocenters. The molecule has 0 aliphatic heterocycles. The van der Waals surface area contributed by atoms with E-state index in [-0.39, 0.29) is 0 Å². The van der Waals surface area contributed by atoms with E-state index < -0.39 is 0 Å². The van der Waals surface area contributed by atoms with Gasteiger partial charge in [0, 0.05) is 22.3 Å². The first-order valence-electron chi connectivity index (χ1n) is 5.21. The molecule has 0 saturated heterocycles. The van der Waals surface area contributed by atoms with Crippen LogP contribution in [0.15, 0.2) is 34.9 Å². The molecule has 0 fully saturated rings. The number of nitrogens with two attached hydrogens (primary N) is 1. The molecule has 3 nitrogen and oxygen atoms in total. The van der Waals surface area contributed by atoms with Crippen LogP contribution in [0.5, 0.6) is 0 Å². The van der Waals surface area contributed by atoms with Gasteiger partial charge < -0.3 is 5.73 Å². The van der Waals surface area contributed by atoms with Gasteiger partial charge in [0.15, 0.2) is 0 Å². The lowest BCUT2D eigenvalue weighted by molar-refractivity contribution is 0.608. The van der Waals surface area contributed by atoms with Crippen molar-refractivity contribution in [2.24, 2.45) is 5.73 Å². The molecule has 1 aromatic heterocycles. The second-order valence-corrected chi connectivity index (χ2v) is 4.58. The van der Waals surface area contributed by atoms with Crippen LogP contribution < -0.4 is 5.73 Å². The predicted molar refractivity (Wildman–Crippen MR) is 69.2 cm³/mol. The molecule has 84 valence electrons. The number of benzene rings is 1. The van der Waals surface area contributed by atoms with Gasteiger partial charge in [0.05, 0.1) is 12.7 Å². The fourth-order valence-electron chi connectivity index (χ4n) is 1.71. The van der Waals surface area contributed by atoms with Gasteiger partial charge in [0.25, 0.3) is 0 Å². The predicted octanol–water partition coefficient (Wildman–Crippen LogP) is 2.58. The highest BCUT2D eigenvalue weighted by Gasteiger charge is 2.07. The van der Waals surface area contributed by atoms with Crippen molar-refractivity contribution >= 4 is 15.9 Å². The van der Waals surface area contributed by atoms with Gasteiger partial charge in [-0.1, -0.05) is 28.1 Å². The topological polar surface area (TPSA) is 43.8 Å². The maximum absolute atomic E-state index is 5.53. The Morgan fingerprint density at radius 2 is 2.00 bits per heavy atom. The Hall–Kier alpha value is -1.13. The number of hydrogen-bond donors (Lipinski definition) is 1. The summed E-state index contributed by atoms with van der Waals surface area (Å²) >= 11 is 3.43. The van der Waals surface area contributed by atoms with Crippen LogP contribution in [-0.2, 0) is 6.54 Å². The van der Waals surface area contributed by atoms with E-state index in [1.54, 1.807) is 0 Å². The van der Waals surface area contributed by atoms with Gasteiger partial charge in [0.1, 0.15) is 0 Å². The highest BCUT2D eigenvalue weighted by atomic mass is 79.9. The van der Waals surface area contributed by atoms with Crippen molar-refractivity contribution in [3.8, 4) is 11.1 Å². The van der Waals surface area contributed by atoms with E-state index in [1.807, 2.05) is 23.0 Å². The molecular weight excluding hydrogens is 266 g/mol. The molecule has 0 saturated carbocycles. The van der Waals surface area contributed by atoms with Crippen LogP contribution in [0.25, 0.3) is 11.1 Å². The first-order valence-corrected chi connectivity index (χ1v) is 6.00. The summed E-state index contributed by atoms with van der Waals surface area (Å²) in [5, 5.41) is 4.33. The number of nitrogens with zero attached hydrogens (tertiary/aromatic N) is 2. The van der Waals surface area contributed by atoms with E-state index in [4.69, 9.17) is 5.73 Å². The zero-order chi connectivity index (χ0) is 11.5. The summed E-state index contributed by atoms with van der Waals surface area (Å²) < 4.78 is 3.03. The maximum atomic E-state index is 5.53. The molecule has 1 aromatic carbocycles. The second-order valence-electron chi connectivity index (χ2n) is 3.66. The fraction of sp³-hybridized carbons (Fsp3) is 0.250. The summed E-state index contributed by atoms with van der Waals surface area (Å²) in [6, 6.07) is 8.24. The minimum Gasteiger partial charge on any atom is -0.329 e. The highest BCUT2D eigenvalue weighted by Crippen LogP contribution is 2.24. The summed E-state index contributed by atoms with van der Waals surface area (Å²) in [6.07, 6.45) is 1.90. The van der Waals surface area contributed by atoms with Crippen molar-refractivity contribution in [1.82, 2.24) is 9.78 Å². The molecule has 0 spiro atoms. The van der Waals surface area contributed by atoms with Crippen LogP contribution in [-0.4, -0.2) is 16.3 Å². The van der Waals surface area contributed by atoms with Crippen molar-refractivity contribution in [3.05, 3.63) is 40.6 Å². The molecule has 0 radical (unpaired) electrons. The molecule has 0 aliphatic rings. The fourth-order valence-corrected chi connectivity index (χ4v) is 1.97. The van der Waals surface area contributed by atoms with Crippen molar-refractivity contribution in [1.29, 1.82) is 0 Å². The summed E-state index contributed by atoms with van der Waals surface area (Å²) in [6.45, 7) is 3.45. The molecule has 2 rings (SSSR count). The second kappa shape index (κ2) is 4.80. The van der Waals surface area contributed by atoms with Gasteiger partial charge in [-0.15, -0.1) is 0 Å². The van der Waals surface area contributed by atoms with E-state index in [9.17, 15) is 0 Å². The molecule has 0 unspecified atom stereocenters. The van der Waals surface area contributed by atoms with Crippen molar-refractivity contribution in [3.63, 3.8) is 0 Å². The first-order chi connectivity index (χ1) is 7.72. The summed E-state index contributed by atoms with van der Waals surface area (Å²) in [7, 11) is 0. The molecule has 0 aliphatic carbocycles. The van der Waals surface area contributed by atoms with E-state index in [2.05, 4.69) is 40.1 Å². The minimum atomic E-state index is 0.613. The van der Waals surface area contributed by atoms with Gasteiger partial charge in [-0.25, -0.2) is 0 Å². The Balaban J connectivity index is 2.37. The van der Waals surface area contributed by atoms with Gasteiger partial charge in [-0.05, 0) is 24.6 Å². The van der Waals surface area contributed by atoms with E-state index >= 15 is 0 Å². The monoisotopic (exact) mass is 279 g/mol. The zero-order valence-corrected chi connectivity index (χ0v) is 10.7. The standard InChI is InChI=1S/C12H14BrN3/c1-9-12(8-15-16(9)7-6-14)10-2-4-11(13)5-3-10/h2-5,8H,6-7,14H2,1H3. The Labute approximate surface area is 103 Å². The van der Waals surface area contributed by atoms with E-state index in [0.717, 1.165) is 16.7 Å². The van der Waals surface area contributed by atoms with Gasteiger partial charge >= 0.3 is 0 Å². The van der Waals surface area contributed by atoms with E-state index in [1.165, 1.54) is 11.1 Å². The van der Waals surface area contributed by atoms with Gasteiger partial charge in [-0.3, -0.25) is 4.68 Å². The quantitative estimate of drug-likeness (QED) is 0.939. The highest BCUT2D eigenvalue weighted by molar-refractivity contribution is 9.10. The lowest BCUT2D eigenvalue weighted by atomic mass is 10.1. The first kappa shape index (κ1) is 11.4. The Kier molecular flexibility index (Phi) is 3.41. The third-order valence-corrected chi connectivity index (χ3v) is 3.13. The maximum Gasteiger partial charge on any atom is 0.0571 e. The molecule has 0 amide bonds. The van der Waals surface area contributed by atoms with Crippen molar-refractivity contribution < 1.29 is 0 Å². The van der Waals surface area contributed by atoms with Gasteiger partial charge in [-0.2, -0.15) is 5.10 Å². The molecule has 1 heterocycles.